The number of unbranched alkanes of at least 4 members (excludes halogenated alkanes) is 5. The number of benzene rings is 1. The van der Waals surface area contributed by atoms with Crippen molar-refractivity contribution >= 4 is 10.1 Å². The molecular formula is C18H34NO3S+. The number of hydrogen-bond acceptors (Lipinski definition) is 2. The van der Waals surface area contributed by atoms with Crippen LogP contribution in [0.1, 0.15) is 51.0 Å². The molecule has 0 saturated carbocycles. The van der Waals surface area contributed by atoms with Crippen LogP contribution in [0.2, 0.25) is 0 Å². The van der Waals surface area contributed by atoms with Crippen LogP contribution in [0, 0.1) is 6.92 Å². The zero-order chi connectivity index (χ0) is 17.9. The number of quaternary nitrogens is 1. The number of hydrogen-bond donors (Lipinski definition) is 1. The Kier molecular flexibility index (Phi) is 10.4. The summed E-state index contributed by atoms with van der Waals surface area (Å²) in [4.78, 5) is -0.0666. The van der Waals surface area contributed by atoms with E-state index in [1.165, 1.54) is 57.2 Å². The van der Waals surface area contributed by atoms with Crippen molar-refractivity contribution in [1.29, 1.82) is 0 Å². The molecule has 1 rings (SSSR count). The smallest absolute Gasteiger partial charge is 0.294 e. The van der Waals surface area contributed by atoms with Crippen LogP contribution in [-0.4, -0.2) is 45.1 Å². The lowest BCUT2D eigenvalue weighted by Crippen LogP contribution is -2.35. The van der Waals surface area contributed by atoms with Gasteiger partial charge < -0.3 is 4.48 Å². The van der Waals surface area contributed by atoms with E-state index >= 15 is 0 Å². The summed E-state index contributed by atoms with van der Waals surface area (Å²) in [5.74, 6) is 0. The zero-order valence-corrected chi connectivity index (χ0v) is 16.2. The largest absolute Gasteiger partial charge is 0.331 e. The third-order valence-corrected chi connectivity index (χ3v) is 4.37. The summed E-state index contributed by atoms with van der Waals surface area (Å²) >= 11 is 0. The molecule has 0 spiro atoms. The van der Waals surface area contributed by atoms with Gasteiger partial charge in [-0.25, -0.2) is 0 Å². The Hall–Kier alpha value is -0.910. The van der Waals surface area contributed by atoms with Gasteiger partial charge in [0.2, 0.25) is 0 Å². The Balaban J connectivity index is 0.000000422. The van der Waals surface area contributed by atoms with E-state index in [2.05, 4.69) is 28.1 Å². The SMILES string of the molecule is CCCCCCCC[N+](C)(C)C.Cc1ccc(S(=O)(=O)O)cc1. The molecule has 0 unspecified atom stereocenters. The van der Waals surface area contributed by atoms with Crippen molar-refractivity contribution in [2.75, 3.05) is 27.7 Å². The second-order valence-corrected chi connectivity index (χ2v) is 8.49. The first-order valence-corrected chi connectivity index (χ1v) is 9.85. The fraction of sp³-hybridized carbons (Fsp3) is 0.667. The minimum Gasteiger partial charge on any atom is -0.331 e. The predicted octanol–water partition coefficient (Wildman–Crippen LogP) is 4.29. The van der Waals surface area contributed by atoms with E-state index in [1.54, 1.807) is 12.1 Å². The topological polar surface area (TPSA) is 54.4 Å². The summed E-state index contributed by atoms with van der Waals surface area (Å²) in [6, 6.07) is 5.99. The van der Waals surface area contributed by atoms with Crippen molar-refractivity contribution in [3.8, 4) is 0 Å². The fourth-order valence-electron chi connectivity index (χ4n) is 2.08. The summed E-state index contributed by atoms with van der Waals surface area (Å²) in [5.41, 5.74) is 0.956. The summed E-state index contributed by atoms with van der Waals surface area (Å²) in [5, 5.41) is 0. The lowest BCUT2D eigenvalue weighted by atomic mass is 10.1. The van der Waals surface area contributed by atoms with Crippen molar-refractivity contribution in [1.82, 2.24) is 0 Å². The van der Waals surface area contributed by atoms with Gasteiger partial charge in [-0.15, -0.1) is 0 Å². The van der Waals surface area contributed by atoms with Gasteiger partial charge in [0.1, 0.15) is 0 Å². The van der Waals surface area contributed by atoms with E-state index in [0.717, 1.165) is 10.0 Å². The van der Waals surface area contributed by atoms with Crippen molar-refractivity contribution in [2.45, 2.75) is 57.3 Å². The molecule has 134 valence electrons. The lowest BCUT2D eigenvalue weighted by molar-refractivity contribution is -0.870. The highest BCUT2D eigenvalue weighted by atomic mass is 32.2. The van der Waals surface area contributed by atoms with E-state index in [-0.39, 0.29) is 4.90 Å². The molecule has 0 bridgehead atoms. The third-order valence-electron chi connectivity index (χ3n) is 3.50. The second kappa shape index (κ2) is 10.8. The maximum Gasteiger partial charge on any atom is 0.294 e. The molecule has 4 nitrogen and oxygen atoms in total. The van der Waals surface area contributed by atoms with Gasteiger partial charge in [0.05, 0.1) is 32.6 Å². The van der Waals surface area contributed by atoms with Crippen LogP contribution < -0.4 is 0 Å². The number of aryl methyl sites for hydroxylation is 1. The molecule has 0 aliphatic rings. The predicted molar refractivity (Wildman–Crippen MR) is 97.3 cm³/mol. The van der Waals surface area contributed by atoms with Crippen molar-refractivity contribution < 1.29 is 17.5 Å². The molecule has 1 N–H and O–H groups in total. The Morgan fingerprint density at radius 1 is 0.913 bits per heavy atom. The lowest BCUT2D eigenvalue weighted by Gasteiger charge is -2.23. The third kappa shape index (κ3) is 13.2. The maximum atomic E-state index is 10.5. The molecule has 1 aromatic carbocycles. The van der Waals surface area contributed by atoms with E-state index in [9.17, 15) is 8.42 Å². The van der Waals surface area contributed by atoms with Gasteiger partial charge in [-0.3, -0.25) is 4.55 Å². The highest BCUT2D eigenvalue weighted by molar-refractivity contribution is 7.85. The monoisotopic (exact) mass is 344 g/mol. The quantitative estimate of drug-likeness (QED) is 0.435. The van der Waals surface area contributed by atoms with Crippen LogP contribution in [0.25, 0.3) is 0 Å². The van der Waals surface area contributed by atoms with Gasteiger partial charge in [-0.1, -0.05) is 50.3 Å². The average Bonchev–Trinajstić information content (AvgIpc) is 2.42. The van der Waals surface area contributed by atoms with E-state index < -0.39 is 10.1 Å². The van der Waals surface area contributed by atoms with Gasteiger partial charge >= 0.3 is 0 Å². The van der Waals surface area contributed by atoms with Crippen LogP contribution in [0.5, 0.6) is 0 Å². The molecule has 5 heteroatoms. The van der Waals surface area contributed by atoms with E-state index in [1.807, 2.05) is 6.92 Å². The molecule has 0 atom stereocenters. The maximum absolute atomic E-state index is 10.5. The van der Waals surface area contributed by atoms with Crippen LogP contribution >= 0.6 is 0 Å². The van der Waals surface area contributed by atoms with Gasteiger partial charge in [0, 0.05) is 0 Å². The first kappa shape index (κ1) is 22.1. The van der Waals surface area contributed by atoms with Crippen LogP contribution in [0.15, 0.2) is 29.2 Å². The van der Waals surface area contributed by atoms with E-state index in [0.29, 0.717) is 0 Å². The van der Waals surface area contributed by atoms with Crippen LogP contribution in [0.3, 0.4) is 0 Å². The summed E-state index contributed by atoms with van der Waals surface area (Å²) in [6.45, 7) is 5.44. The molecule has 23 heavy (non-hydrogen) atoms. The van der Waals surface area contributed by atoms with Crippen molar-refractivity contribution in [3.05, 3.63) is 29.8 Å². The van der Waals surface area contributed by atoms with E-state index in [4.69, 9.17) is 4.55 Å². The molecule has 0 aliphatic carbocycles. The Labute approximate surface area is 142 Å². The Morgan fingerprint density at radius 3 is 1.83 bits per heavy atom. The van der Waals surface area contributed by atoms with Crippen LogP contribution in [-0.2, 0) is 10.1 Å². The molecule has 1 aromatic rings. The highest BCUT2D eigenvalue weighted by Gasteiger charge is 2.07. The van der Waals surface area contributed by atoms with Gasteiger partial charge in [-0.2, -0.15) is 8.42 Å². The minimum atomic E-state index is -4.02. The fourth-order valence-corrected chi connectivity index (χ4v) is 2.56. The first-order chi connectivity index (χ1) is 10.6. The summed E-state index contributed by atoms with van der Waals surface area (Å²) in [6.07, 6.45) is 8.48. The summed E-state index contributed by atoms with van der Waals surface area (Å²) in [7, 11) is 2.79. The highest BCUT2D eigenvalue weighted by Crippen LogP contribution is 2.08. The molecule has 0 fully saturated rings. The van der Waals surface area contributed by atoms with Gasteiger partial charge in [0.15, 0.2) is 0 Å². The number of rotatable bonds is 8. The molecule has 0 heterocycles. The Morgan fingerprint density at radius 2 is 1.39 bits per heavy atom. The van der Waals surface area contributed by atoms with Gasteiger partial charge in [-0.05, 0) is 31.9 Å². The Bertz CT molecular complexity index is 516. The number of nitrogens with zero attached hydrogens (tertiary/aromatic N) is 1. The van der Waals surface area contributed by atoms with Crippen LogP contribution in [0.4, 0.5) is 0 Å². The summed E-state index contributed by atoms with van der Waals surface area (Å²) < 4.78 is 30.7. The standard InChI is InChI=1S/C11H26N.C7H8O3S/c1-5-6-7-8-9-10-11-12(2,3)4;1-6-2-4-7(5-3-6)11(8,9)10/h5-11H2,1-4H3;2-5H,1H3,(H,8,9,10)/q+1;. The normalized spacial score (nSPS) is 11.7. The van der Waals surface area contributed by atoms with Crippen molar-refractivity contribution in [2.24, 2.45) is 0 Å². The zero-order valence-electron chi connectivity index (χ0n) is 15.4. The average molecular weight is 345 g/mol. The molecule has 0 radical (unpaired) electrons. The minimum absolute atomic E-state index is 0.0666. The molecular weight excluding hydrogens is 310 g/mol. The van der Waals surface area contributed by atoms with Crippen molar-refractivity contribution in [3.63, 3.8) is 0 Å². The molecule has 0 amide bonds. The molecule has 0 aliphatic heterocycles. The van der Waals surface area contributed by atoms with Gasteiger partial charge in [0.25, 0.3) is 10.1 Å². The second-order valence-electron chi connectivity index (χ2n) is 7.07. The molecule has 0 aromatic heterocycles. The molecule has 0 saturated heterocycles. The first-order valence-electron chi connectivity index (χ1n) is 8.41.